The molecule has 1 rings (SSSR count). The highest BCUT2D eigenvalue weighted by molar-refractivity contribution is 5.56. The highest BCUT2D eigenvalue weighted by atomic mass is 16.3. The molecule has 0 amide bonds. The molecule has 3 nitrogen and oxygen atoms in total. The standard InChI is InChI=1S/C20H35NO2/c1-4-6-8-10-16-12-18(13-19(23)15-22)20(21-3)14-17(16)11-9-7-5-2/h12,14,19,21-23H,4-11,13,15H2,1-3H3. The minimum absolute atomic E-state index is 0.188. The molecular formula is C20H35NO2. The lowest BCUT2D eigenvalue weighted by Crippen LogP contribution is -2.16. The van der Waals surface area contributed by atoms with Crippen LogP contribution in [0.25, 0.3) is 0 Å². The summed E-state index contributed by atoms with van der Waals surface area (Å²) in [5.41, 5.74) is 5.07. The third kappa shape index (κ3) is 6.92. The smallest absolute Gasteiger partial charge is 0.0811 e. The number of anilines is 1. The lowest BCUT2D eigenvalue weighted by atomic mass is 9.92. The summed E-state index contributed by atoms with van der Waals surface area (Å²) in [5, 5.41) is 22.2. The predicted octanol–water partition coefficient (Wildman–Crippen LogP) is 4.09. The van der Waals surface area contributed by atoms with E-state index in [9.17, 15) is 5.11 Å². The first kappa shape index (κ1) is 20.0. The van der Waals surface area contributed by atoms with E-state index in [0.29, 0.717) is 6.42 Å². The lowest BCUT2D eigenvalue weighted by Gasteiger charge is -2.18. The zero-order valence-corrected chi connectivity index (χ0v) is 15.2. The highest BCUT2D eigenvalue weighted by Gasteiger charge is 2.12. The van der Waals surface area contributed by atoms with Crippen LogP contribution in [0.1, 0.15) is 69.1 Å². The molecule has 0 radical (unpaired) electrons. The summed E-state index contributed by atoms with van der Waals surface area (Å²) in [6.45, 7) is 4.28. The summed E-state index contributed by atoms with van der Waals surface area (Å²) in [6.07, 6.45) is 9.52. The first-order chi connectivity index (χ1) is 11.2. The Hall–Kier alpha value is -1.06. The van der Waals surface area contributed by atoms with Gasteiger partial charge in [0.1, 0.15) is 0 Å². The van der Waals surface area contributed by atoms with Crippen LogP contribution in [0.2, 0.25) is 0 Å². The zero-order valence-electron chi connectivity index (χ0n) is 15.2. The van der Waals surface area contributed by atoms with E-state index in [0.717, 1.165) is 24.1 Å². The monoisotopic (exact) mass is 321 g/mol. The average Bonchev–Trinajstić information content (AvgIpc) is 2.56. The summed E-state index contributed by atoms with van der Waals surface area (Å²) in [5.74, 6) is 0. The van der Waals surface area contributed by atoms with Crippen LogP contribution in [-0.2, 0) is 19.3 Å². The largest absolute Gasteiger partial charge is 0.394 e. The van der Waals surface area contributed by atoms with E-state index in [1.54, 1.807) is 0 Å². The minimum atomic E-state index is -0.684. The van der Waals surface area contributed by atoms with Gasteiger partial charge in [0.05, 0.1) is 12.7 Å². The third-order valence-electron chi connectivity index (χ3n) is 4.46. The number of hydrogen-bond donors (Lipinski definition) is 3. The van der Waals surface area contributed by atoms with E-state index in [-0.39, 0.29) is 6.61 Å². The predicted molar refractivity (Wildman–Crippen MR) is 99.2 cm³/mol. The van der Waals surface area contributed by atoms with E-state index < -0.39 is 6.10 Å². The Balaban J connectivity index is 2.99. The summed E-state index contributed by atoms with van der Waals surface area (Å²) < 4.78 is 0. The van der Waals surface area contributed by atoms with E-state index in [1.165, 1.54) is 49.7 Å². The molecular weight excluding hydrogens is 286 g/mol. The number of aryl methyl sites for hydroxylation is 2. The molecule has 0 aromatic heterocycles. The van der Waals surface area contributed by atoms with Gasteiger partial charge >= 0.3 is 0 Å². The van der Waals surface area contributed by atoms with Gasteiger partial charge in [-0.05, 0) is 48.4 Å². The van der Waals surface area contributed by atoms with Gasteiger partial charge in [-0.3, -0.25) is 0 Å². The maximum Gasteiger partial charge on any atom is 0.0811 e. The van der Waals surface area contributed by atoms with Crippen molar-refractivity contribution in [1.29, 1.82) is 0 Å². The Kier molecular flexibility index (Phi) is 9.97. The van der Waals surface area contributed by atoms with Gasteiger partial charge in [-0.2, -0.15) is 0 Å². The van der Waals surface area contributed by atoms with E-state index in [2.05, 4.69) is 31.3 Å². The maximum atomic E-state index is 9.80. The van der Waals surface area contributed by atoms with Crippen LogP contribution in [0.3, 0.4) is 0 Å². The van der Waals surface area contributed by atoms with Crippen molar-refractivity contribution in [2.24, 2.45) is 0 Å². The molecule has 1 atom stereocenters. The van der Waals surface area contributed by atoms with E-state index in [1.807, 2.05) is 7.05 Å². The number of aliphatic hydroxyl groups is 2. The molecule has 1 aromatic rings. The van der Waals surface area contributed by atoms with Crippen molar-refractivity contribution in [3.05, 3.63) is 28.8 Å². The molecule has 0 fully saturated rings. The molecule has 0 aliphatic heterocycles. The second-order valence-corrected chi connectivity index (χ2v) is 6.48. The molecule has 0 heterocycles. The summed E-state index contributed by atoms with van der Waals surface area (Å²) in [7, 11) is 1.93. The minimum Gasteiger partial charge on any atom is -0.394 e. The third-order valence-corrected chi connectivity index (χ3v) is 4.46. The van der Waals surface area contributed by atoms with Crippen molar-refractivity contribution in [2.75, 3.05) is 19.0 Å². The molecule has 0 spiro atoms. The number of unbranched alkanes of at least 4 members (excludes halogenated alkanes) is 4. The van der Waals surface area contributed by atoms with Crippen molar-refractivity contribution in [2.45, 2.75) is 77.7 Å². The van der Waals surface area contributed by atoms with Crippen LogP contribution in [-0.4, -0.2) is 30.0 Å². The second kappa shape index (κ2) is 11.5. The Bertz CT molecular complexity index is 446. The normalized spacial score (nSPS) is 12.4. The molecule has 0 aliphatic carbocycles. The van der Waals surface area contributed by atoms with Crippen molar-refractivity contribution >= 4 is 5.69 Å². The Morgan fingerprint density at radius 1 is 0.913 bits per heavy atom. The fourth-order valence-corrected chi connectivity index (χ4v) is 3.06. The van der Waals surface area contributed by atoms with Gasteiger partial charge < -0.3 is 15.5 Å². The van der Waals surface area contributed by atoms with Crippen molar-refractivity contribution in [1.82, 2.24) is 0 Å². The lowest BCUT2D eigenvalue weighted by molar-refractivity contribution is 0.0956. The molecule has 3 heteroatoms. The van der Waals surface area contributed by atoms with E-state index >= 15 is 0 Å². The fourth-order valence-electron chi connectivity index (χ4n) is 3.06. The van der Waals surface area contributed by atoms with Gasteiger partial charge in [0.2, 0.25) is 0 Å². The van der Waals surface area contributed by atoms with Gasteiger partial charge in [-0.15, -0.1) is 0 Å². The average molecular weight is 322 g/mol. The molecule has 132 valence electrons. The maximum absolute atomic E-state index is 9.80. The SMILES string of the molecule is CCCCCc1cc(CC(O)CO)c(NC)cc1CCCCC. The number of aliphatic hydroxyl groups excluding tert-OH is 2. The Labute approximate surface area is 142 Å². The van der Waals surface area contributed by atoms with Gasteiger partial charge in [0.25, 0.3) is 0 Å². The van der Waals surface area contributed by atoms with Gasteiger partial charge in [0, 0.05) is 19.2 Å². The summed E-state index contributed by atoms with van der Waals surface area (Å²) in [4.78, 5) is 0. The quantitative estimate of drug-likeness (QED) is 0.508. The summed E-state index contributed by atoms with van der Waals surface area (Å²) in [6, 6.07) is 4.51. The second-order valence-electron chi connectivity index (χ2n) is 6.48. The fraction of sp³-hybridized carbons (Fsp3) is 0.700. The van der Waals surface area contributed by atoms with Crippen LogP contribution >= 0.6 is 0 Å². The van der Waals surface area contributed by atoms with Crippen molar-refractivity contribution < 1.29 is 10.2 Å². The van der Waals surface area contributed by atoms with Gasteiger partial charge in [-0.1, -0.05) is 45.6 Å². The topological polar surface area (TPSA) is 52.5 Å². The Morgan fingerprint density at radius 2 is 1.48 bits per heavy atom. The molecule has 3 N–H and O–H groups in total. The number of benzene rings is 1. The molecule has 0 saturated carbocycles. The molecule has 1 aromatic carbocycles. The van der Waals surface area contributed by atoms with Gasteiger partial charge in [-0.25, -0.2) is 0 Å². The zero-order chi connectivity index (χ0) is 17.1. The van der Waals surface area contributed by atoms with Crippen LogP contribution in [0, 0.1) is 0 Å². The van der Waals surface area contributed by atoms with Crippen LogP contribution < -0.4 is 5.32 Å². The van der Waals surface area contributed by atoms with Crippen LogP contribution in [0.5, 0.6) is 0 Å². The van der Waals surface area contributed by atoms with Crippen LogP contribution in [0.15, 0.2) is 12.1 Å². The highest BCUT2D eigenvalue weighted by Crippen LogP contribution is 2.26. The van der Waals surface area contributed by atoms with Crippen LogP contribution in [0.4, 0.5) is 5.69 Å². The van der Waals surface area contributed by atoms with Crippen molar-refractivity contribution in [3.63, 3.8) is 0 Å². The molecule has 23 heavy (non-hydrogen) atoms. The van der Waals surface area contributed by atoms with E-state index in [4.69, 9.17) is 5.11 Å². The van der Waals surface area contributed by atoms with Crippen molar-refractivity contribution in [3.8, 4) is 0 Å². The first-order valence-corrected chi connectivity index (χ1v) is 9.27. The molecule has 0 bridgehead atoms. The number of hydrogen-bond acceptors (Lipinski definition) is 3. The molecule has 0 aliphatic rings. The van der Waals surface area contributed by atoms with Gasteiger partial charge in [0.15, 0.2) is 0 Å². The molecule has 0 saturated heterocycles. The molecule has 1 unspecified atom stereocenters. The first-order valence-electron chi connectivity index (χ1n) is 9.27. The number of nitrogens with one attached hydrogen (secondary N) is 1. The number of rotatable bonds is 12. The Morgan fingerprint density at radius 3 is 1.96 bits per heavy atom. The summed E-state index contributed by atoms with van der Waals surface area (Å²) >= 11 is 0.